The first kappa shape index (κ1) is 9.20. The highest BCUT2D eigenvalue weighted by Gasteiger charge is 2.08. The van der Waals surface area contributed by atoms with Crippen molar-refractivity contribution in [1.29, 1.82) is 0 Å². The Labute approximate surface area is 72.4 Å². The van der Waals surface area contributed by atoms with E-state index >= 15 is 0 Å². The highest BCUT2D eigenvalue weighted by Crippen LogP contribution is 2.18. The fourth-order valence-corrected chi connectivity index (χ4v) is 1.24. The molecule has 12 heavy (non-hydrogen) atoms. The topological polar surface area (TPSA) is 26.0 Å². The average Bonchev–Trinajstić information content (AvgIpc) is 2.05. The van der Waals surface area contributed by atoms with Crippen LogP contribution < -0.4 is 5.73 Å². The summed E-state index contributed by atoms with van der Waals surface area (Å²) >= 11 is 0. The van der Waals surface area contributed by atoms with E-state index in [2.05, 4.69) is 0 Å². The van der Waals surface area contributed by atoms with Gasteiger partial charge in [-0.1, -0.05) is 31.5 Å². The van der Waals surface area contributed by atoms with Gasteiger partial charge in [-0.15, -0.1) is 0 Å². The Kier molecular flexibility index (Phi) is 3.23. The van der Waals surface area contributed by atoms with E-state index in [1.54, 1.807) is 12.1 Å². The van der Waals surface area contributed by atoms with Crippen molar-refractivity contribution >= 4 is 0 Å². The Bertz CT molecular complexity index is 247. The largest absolute Gasteiger partial charge is 0.324 e. The molecule has 1 aromatic carbocycles. The van der Waals surface area contributed by atoms with Crippen molar-refractivity contribution in [3.63, 3.8) is 0 Å². The first-order valence-corrected chi connectivity index (χ1v) is 4.25. The molecule has 2 heteroatoms. The van der Waals surface area contributed by atoms with Crippen LogP contribution in [-0.4, -0.2) is 0 Å². The van der Waals surface area contributed by atoms with E-state index in [-0.39, 0.29) is 11.9 Å². The number of benzene rings is 1. The van der Waals surface area contributed by atoms with Gasteiger partial charge in [-0.25, -0.2) is 4.39 Å². The molecule has 1 aromatic rings. The zero-order valence-corrected chi connectivity index (χ0v) is 7.26. The molecule has 0 aliphatic heterocycles. The molecule has 1 unspecified atom stereocenters. The molecule has 0 saturated heterocycles. The molecule has 1 nitrogen and oxygen atoms in total. The Hall–Kier alpha value is -0.890. The third kappa shape index (κ3) is 2.05. The third-order valence-corrected chi connectivity index (χ3v) is 1.90. The average molecular weight is 167 g/mol. The van der Waals surface area contributed by atoms with Crippen LogP contribution in [0.2, 0.25) is 0 Å². The Morgan fingerprint density at radius 2 is 2.08 bits per heavy atom. The molecule has 0 spiro atoms. The molecule has 0 fully saturated rings. The van der Waals surface area contributed by atoms with Gasteiger partial charge in [-0.3, -0.25) is 0 Å². The van der Waals surface area contributed by atoms with E-state index in [0.717, 1.165) is 12.8 Å². The minimum atomic E-state index is -0.196. The van der Waals surface area contributed by atoms with Crippen LogP contribution in [0.25, 0.3) is 0 Å². The quantitative estimate of drug-likeness (QED) is 0.735. The van der Waals surface area contributed by atoms with Crippen LogP contribution in [0.15, 0.2) is 24.3 Å². The first-order valence-electron chi connectivity index (χ1n) is 4.25. The van der Waals surface area contributed by atoms with Gasteiger partial charge in [0.2, 0.25) is 0 Å². The van der Waals surface area contributed by atoms with Crippen molar-refractivity contribution in [2.45, 2.75) is 25.8 Å². The molecule has 0 amide bonds. The van der Waals surface area contributed by atoms with Crippen LogP contribution in [0.1, 0.15) is 31.4 Å². The van der Waals surface area contributed by atoms with Gasteiger partial charge in [0.15, 0.2) is 0 Å². The predicted molar refractivity (Wildman–Crippen MR) is 48.2 cm³/mol. The van der Waals surface area contributed by atoms with Crippen LogP contribution >= 0.6 is 0 Å². The van der Waals surface area contributed by atoms with E-state index in [1.165, 1.54) is 6.07 Å². The van der Waals surface area contributed by atoms with E-state index in [0.29, 0.717) is 5.56 Å². The van der Waals surface area contributed by atoms with E-state index in [1.807, 2.05) is 13.0 Å². The third-order valence-electron chi connectivity index (χ3n) is 1.90. The molecule has 0 aromatic heterocycles. The second-order valence-corrected chi connectivity index (χ2v) is 2.92. The Balaban J connectivity index is 2.79. The maximum absolute atomic E-state index is 13.1. The molecule has 0 radical (unpaired) electrons. The van der Waals surface area contributed by atoms with Gasteiger partial charge < -0.3 is 5.73 Å². The fraction of sp³-hybridized carbons (Fsp3) is 0.400. The van der Waals surface area contributed by atoms with Crippen molar-refractivity contribution in [3.8, 4) is 0 Å². The van der Waals surface area contributed by atoms with Gasteiger partial charge >= 0.3 is 0 Å². The molecule has 2 N–H and O–H groups in total. The molecule has 0 aliphatic carbocycles. The summed E-state index contributed by atoms with van der Waals surface area (Å²) in [5.74, 6) is -0.196. The SMILES string of the molecule is CCCC(N)c1ccccc1F. The lowest BCUT2D eigenvalue weighted by Crippen LogP contribution is -2.11. The Morgan fingerprint density at radius 1 is 1.42 bits per heavy atom. The van der Waals surface area contributed by atoms with Crippen molar-refractivity contribution < 1.29 is 4.39 Å². The van der Waals surface area contributed by atoms with Gasteiger partial charge in [0.25, 0.3) is 0 Å². The number of rotatable bonds is 3. The van der Waals surface area contributed by atoms with Crippen LogP contribution in [0.5, 0.6) is 0 Å². The van der Waals surface area contributed by atoms with Crippen molar-refractivity contribution in [2.75, 3.05) is 0 Å². The lowest BCUT2D eigenvalue weighted by molar-refractivity contribution is 0.560. The summed E-state index contributed by atoms with van der Waals surface area (Å²) in [5, 5.41) is 0. The summed E-state index contributed by atoms with van der Waals surface area (Å²) in [4.78, 5) is 0. The van der Waals surface area contributed by atoms with Crippen LogP contribution in [0.4, 0.5) is 4.39 Å². The molecule has 1 atom stereocenters. The molecule has 0 saturated carbocycles. The first-order chi connectivity index (χ1) is 5.75. The maximum atomic E-state index is 13.1. The van der Waals surface area contributed by atoms with Crippen LogP contribution in [0.3, 0.4) is 0 Å². The normalized spacial score (nSPS) is 12.9. The molecular formula is C10H14FN. The molecule has 0 bridgehead atoms. The summed E-state index contributed by atoms with van der Waals surface area (Å²) in [6.07, 6.45) is 1.82. The van der Waals surface area contributed by atoms with Crippen molar-refractivity contribution in [3.05, 3.63) is 35.6 Å². The zero-order chi connectivity index (χ0) is 8.97. The molecule has 1 rings (SSSR count). The minimum absolute atomic E-state index is 0.156. The van der Waals surface area contributed by atoms with Gasteiger partial charge in [-0.2, -0.15) is 0 Å². The van der Waals surface area contributed by atoms with E-state index < -0.39 is 0 Å². The summed E-state index contributed by atoms with van der Waals surface area (Å²) in [7, 11) is 0. The summed E-state index contributed by atoms with van der Waals surface area (Å²) in [5.41, 5.74) is 6.39. The molecule has 66 valence electrons. The van der Waals surface area contributed by atoms with Crippen molar-refractivity contribution in [1.82, 2.24) is 0 Å². The molecular weight excluding hydrogens is 153 g/mol. The minimum Gasteiger partial charge on any atom is -0.324 e. The van der Waals surface area contributed by atoms with Gasteiger partial charge in [-0.05, 0) is 12.5 Å². The monoisotopic (exact) mass is 167 g/mol. The van der Waals surface area contributed by atoms with E-state index in [4.69, 9.17) is 5.73 Å². The Morgan fingerprint density at radius 3 is 2.67 bits per heavy atom. The summed E-state index contributed by atoms with van der Waals surface area (Å²) in [6, 6.07) is 6.53. The number of hydrogen-bond acceptors (Lipinski definition) is 1. The lowest BCUT2D eigenvalue weighted by atomic mass is 10.0. The number of hydrogen-bond donors (Lipinski definition) is 1. The predicted octanol–water partition coefficient (Wildman–Crippen LogP) is 2.63. The van der Waals surface area contributed by atoms with Gasteiger partial charge in [0.1, 0.15) is 5.82 Å². The summed E-state index contributed by atoms with van der Waals surface area (Å²) < 4.78 is 13.1. The van der Waals surface area contributed by atoms with Gasteiger partial charge in [0, 0.05) is 11.6 Å². The van der Waals surface area contributed by atoms with E-state index in [9.17, 15) is 4.39 Å². The maximum Gasteiger partial charge on any atom is 0.127 e. The highest BCUT2D eigenvalue weighted by molar-refractivity contribution is 5.20. The second-order valence-electron chi connectivity index (χ2n) is 2.92. The summed E-state index contributed by atoms with van der Waals surface area (Å²) in [6.45, 7) is 2.04. The molecule has 0 heterocycles. The van der Waals surface area contributed by atoms with Crippen LogP contribution in [-0.2, 0) is 0 Å². The lowest BCUT2D eigenvalue weighted by Gasteiger charge is -2.10. The van der Waals surface area contributed by atoms with Gasteiger partial charge in [0.05, 0.1) is 0 Å². The standard InChI is InChI=1S/C10H14FN/c1-2-5-10(12)8-6-3-4-7-9(8)11/h3-4,6-7,10H,2,5,12H2,1H3. The number of nitrogens with two attached hydrogens (primary N) is 1. The number of halogens is 1. The highest BCUT2D eigenvalue weighted by atomic mass is 19.1. The fourth-order valence-electron chi connectivity index (χ4n) is 1.24. The zero-order valence-electron chi connectivity index (χ0n) is 7.26. The second kappa shape index (κ2) is 4.21. The van der Waals surface area contributed by atoms with Crippen LogP contribution in [0, 0.1) is 5.82 Å². The van der Waals surface area contributed by atoms with Crippen molar-refractivity contribution in [2.24, 2.45) is 5.73 Å². The smallest absolute Gasteiger partial charge is 0.127 e. The molecule has 0 aliphatic rings.